The molecular weight excluding hydrogens is 284 g/mol. The van der Waals surface area contributed by atoms with Gasteiger partial charge in [0.05, 0.1) is 5.69 Å². The Morgan fingerprint density at radius 1 is 1.45 bits per heavy atom. The minimum Gasteiger partial charge on any atom is -0.479 e. The van der Waals surface area contributed by atoms with Crippen LogP contribution in [-0.4, -0.2) is 36.8 Å². The van der Waals surface area contributed by atoms with Gasteiger partial charge in [-0.2, -0.15) is 0 Å². The highest BCUT2D eigenvalue weighted by molar-refractivity contribution is 6.05. The Hall–Kier alpha value is -2.63. The summed E-state index contributed by atoms with van der Waals surface area (Å²) in [7, 11) is 0. The van der Waals surface area contributed by atoms with E-state index in [1.165, 1.54) is 11.8 Å². The van der Waals surface area contributed by atoms with Crippen molar-refractivity contribution in [1.82, 2.24) is 5.32 Å². The SMILES string of the molecule is C=CCNC(=O)CN1C(=O)C(C)Oc2ccc(C(C)=O)cc21. The molecule has 0 radical (unpaired) electrons. The molecule has 2 amide bonds. The molecular formula is C16H18N2O4. The highest BCUT2D eigenvalue weighted by Gasteiger charge is 2.33. The van der Waals surface area contributed by atoms with Gasteiger partial charge in [0.2, 0.25) is 5.91 Å². The number of ketones is 1. The summed E-state index contributed by atoms with van der Waals surface area (Å²) in [6, 6.07) is 4.85. The third kappa shape index (κ3) is 3.16. The Bertz CT molecular complexity index is 639. The molecule has 1 aliphatic rings. The number of nitrogens with zero attached hydrogens (tertiary/aromatic N) is 1. The molecule has 1 unspecified atom stereocenters. The molecule has 22 heavy (non-hydrogen) atoms. The van der Waals surface area contributed by atoms with Crippen LogP contribution in [-0.2, 0) is 9.59 Å². The molecule has 0 saturated carbocycles. The van der Waals surface area contributed by atoms with Crippen LogP contribution in [0.3, 0.4) is 0 Å². The van der Waals surface area contributed by atoms with Crippen LogP contribution in [0.5, 0.6) is 5.75 Å². The first kappa shape index (κ1) is 15.8. The standard InChI is InChI=1S/C16H18N2O4/c1-4-7-17-15(20)9-18-13-8-12(10(2)19)5-6-14(13)22-11(3)16(18)21/h4-6,8,11H,1,7,9H2,2-3H3,(H,17,20). The molecule has 0 fully saturated rings. The third-order valence-corrected chi connectivity index (χ3v) is 3.32. The molecule has 6 nitrogen and oxygen atoms in total. The lowest BCUT2D eigenvalue weighted by molar-refractivity contribution is -0.128. The van der Waals surface area contributed by atoms with Gasteiger partial charge in [-0.15, -0.1) is 6.58 Å². The van der Waals surface area contributed by atoms with Gasteiger partial charge in [0, 0.05) is 12.1 Å². The predicted molar refractivity (Wildman–Crippen MR) is 82.1 cm³/mol. The molecule has 1 atom stereocenters. The maximum Gasteiger partial charge on any atom is 0.268 e. The van der Waals surface area contributed by atoms with Crippen LogP contribution < -0.4 is 15.0 Å². The molecule has 6 heteroatoms. The smallest absolute Gasteiger partial charge is 0.268 e. The maximum absolute atomic E-state index is 12.3. The van der Waals surface area contributed by atoms with Crippen molar-refractivity contribution in [3.8, 4) is 5.75 Å². The molecule has 0 spiro atoms. The summed E-state index contributed by atoms with van der Waals surface area (Å²) < 4.78 is 5.52. The fourth-order valence-electron chi connectivity index (χ4n) is 2.17. The maximum atomic E-state index is 12.3. The number of nitrogens with one attached hydrogen (secondary N) is 1. The average Bonchev–Trinajstić information content (AvgIpc) is 2.49. The van der Waals surface area contributed by atoms with E-state index in [4.69, 9.17) is 4.74 Å². The van der Waals surface area contributed by atoms with Crippen LogP contribution in [0.15, 0.2) is 30.9 Å². The van der Waals surface area contributed by atoms with Crippen molar-refractivity contribution < 1.29 is 19.1 Å². The van der Waals surface area contributed by atoms with Crippen LogP contribution in [0.2, 0.25) is 0 Å². The number of anilines is 1. The van der Waals surface area contributed by atoms with Gasteiger partial charge in [-0.25, -0.2) is 0 Å². The number of amides is 2. The van der Waals surface area contributed by atoms with E-state index in [0.29, 0.717) is 23.5 Å². The van der Waals surface area contributed by atoms with Crippen LogP contribution in [0.4, 0.5) is 5.69 Å². The molecule has 1 aromatic rings. The molecule has 0 aromatic heterocycles. The number of fused-ring (bicyclic) bond motifs is 1. The zero-order valence-corrected chi connectivity index (χ0v) is 12.6. The third-order valence-electron chi connectivity index (χ3n) is 3.32. The van der Waals surface area contributed by atoms with E-state index in [1.807, 2.05) is 0 Å². The summed E-state index contributed by atoms with van der Waals surface area (Å²) in [5.74, 6) is -0.262. The van der Waals surface area contributed by atoms with Gasteiger partial charge in [-0.3, -0.25) is 19.3 Å². The predicted octanol–water partition coefficient (Wildman–Crippen LogP) is 1.31. The van der Waals surface area contributed by atoms with E-state index in [2.05, 4.69) is 11.9 Å². The number of carbonyl (C=O) groups is 3. The molecule has 1 heterocycles. The second-order valence-electron chi connectivity index (χ2n) is 5.02. The molecule has 1 aromatic carbocycles. The van der Waals surface area contributed by atoms with Gasteiger partial charge < -0.3 is 10.1 Å². The minimum atomic E-state index is -0.678. The summed E-state index contributed by atoms with van der Waals surface area (Å²) in [5, 5.41) is 2.62. The van der Waals surface area contributed by atoms with Crippen LogP contribution in [0.25, 0.3) is 0 Å². The Kier molecular flexibility index (Phi) is 4.60. The second-order valence-corrected chi connectivity index (χ2v) is 5.02. The van der Waals surface area contributed by atoms with E-state index in [-0.39, 0.29) is 24.1 Å². The van der Waals surface area contributed by atoms with E-state index in [9.17, 15) is 14.4 Å². The highest BCUT2D eigenvalue weighted by Crippen LogP contribution is 2.34. The molecule has 0 saturated heterocycles. The van der Waals surface area contributed by atoms with Crippen molar-refractivity contribution in [2.24, 2.45) is 0 Å². The van der Waals surface area contributed by atoms with Crippen LogP contribution >= 0.6 is 0 Å². The lowest BCUT2D eigenvalue weighted by Crippen LogP contribution is -2.48. The number of carbonyl (C=O) groups excluding carboxylic acids is 3. The number of Topliss-reactive ketones (excluding diaryl/α,β-unsaturated/α-hetero) is 1. The van der Waals surface area contributed by atoms with Crippen molar-refractivity contribution in [2.75, 3.05) is 18.0 Å². The van der Waals surface area contributed by atoms with Crippen LogP contribution in [0, 0.1) is 0 Å². The topological polar surface area (TPSA) is 75.7 Å². The normalized spacial score (nSPS) is 16.5. The summed E-state index contributed by atoms with van der Waals surface area (Å²) in [4.78, 5) is 37.0. The molecule has 0 aliphatic carbocycles. The summed E-state index contributed by atoms with van der Waals surface area (Å²) in [6.45, 7) is 6.78. The largest absolute Gasteiger partial charge is 0.479 e. The lowest BCUT2D eigenvalue weighted by Gasteiger charge is -2.32. The molecule has 116 valence electrons. The number of rotatable bonds is 5. The Morgan fingerprint density at radius 2 is 2.18 bits per heavy atom. The monoisotopic (exact) mass is 302 g/mol. The van der Waals surface area contributed by atoms with E-state index >= 15 is 0 Å². The zero-order valence-electron chi connectivity index (χ0n) is 12.6. The first-order valence-electron chi connectivity index (χ1n) is 6.94. The van der Waals surface area contributed by atoms with Crippen molar-refractivity contribution in [3.05, 3.63) is 36.4 Å². The first-order valence-corrected chi connectivity index (χ1v) is 6.94. The molecule has 2 rings (SSSR count). The van der Waals surface area contributed by atoms with Gasteiger partial charge in [0.15, 0.2) is 11.9 Å². The molecule has 1 aliphatic heterocycles. The van der Waals surface area contributed by atoms with Crippen molar-refractivity contribution in [2.45, 2.75) is 20.0 Å². The minimum absolute atomic E-state index is 0.120. The van der Waals surface area contributed by atoms with Gasteiger partial charge in [0.1, 0.15) is 12.3 Å². The zero-order chi connectivity index (χ0) is 16.3. The fraction of sp³-hybridized carbons (Fsp3) is 0.312. The number of hydrogen-bond donors (Lipinski definition) is 1. The second kappa shape index (κ2) is 6.43. The number of hydrogen-bond acceptors (Lipinski definition) is 4. The molecule has 0 bridgehead atoms. The van der Waals surface area contributed by atoms with Crippen molar-refractivity contribution in [1.29, 1.82) is 0 Å². The van der Waals surface area contributed by atoms with E-state index in [1.54, 1.807) is 31.2 Å². The quantitative estimate of drug-likeness (QED) is 0.657. The van der Waals surface area contributed by atoms with Gasteiger partial charge in [-0.1, -0.05) is 6.08 Å². The van der Waals surface area contributed by atoms with Gasteiger partial charge in [-0.05, 0) is 32.0 Å². The number of ether oxygens (including phenoxy) is 1. The summed E-state index contributed by atoms with van der Waals surface area (Å²) >= 11 is 0. The van der Waals surface area contributed by atoms with E-state index < -0.39 is 6.10 Å². The van der Waals surface area contributed by atoms with Crippen molar-refractivity contribution >= 4 is 23.3 Å². The lowest BCUT2D eigenvalue weighted by atomic mass is 10.1. The number of benzene rings is 1. The Morgan fingerprint density at radius 3 is 2.82 bits per heavy atom. The van der Waals surface area contributed by atoms with Gasteiger partial charge >= 0.3 is 0 Å². The van der Waals surface area contributed by atoms with E-state index in [0.717, 1.165) is 0 Å². The Labute approximate surface area is 128 Å². The summed E-state index contributed by atoms with van der Waals surface area (Å²) in [6.07, 6.45) is 0.881. The summed E-state index contributed by atoms with van der Waals surface area (Å²) in [5.41, 5.74) is 0.894. The fourth-order valence-corrected chi connectivity index (χ4v) is 2.17. The van der Waals surface area contributed by atoms with Crippen molar-refractivity contribution in [3.63, 3.8) is 0 Å². The first-order chi connectivity index (χ1) is 10.4. The van der Waals surface area contributed by atoms with Crippen LogP contribution in [0.1, 0.15) is 24.2 Å². The average molecular weight is 302 g/mol. The Balaban J connectivity index is 2.34. The molecule has 1 N–H and O–H groups in total. The van der Waals surface area contributed by atoms with Gasteiger partial charge in [0.25, 0.3) is 5.91 Å². The highest BCUT2D eigenvalue weighted by atomic mass is 16.5.